The highest BCUT2D eigenvalue weighted by molar-refractivity contribution is 5.79. The Hall–Kier alpha value is -1.80. The first-order valence-corrected chi connectivity index (χ1v) is 10.7. The van der Waals surface area contributed by atoms with Crippen LogP contribution >= 0.6 is 0 Å². The van der Waals surface area contributed by atoms with Crippen LogP contribution in [0.3, 0.4) is 0 Å². The van der Waals surface area contributed by atoms with Gasteiger partial charge in [-0.05, 0) is 55.8 Å². The molecule has 5 nitrogen and oxygen atoms in total. The third-order valence-electron chi connectivity index (χ3n) is 6.62. The highest BCUT2D eigenvalue weighted by Crippen LogP contribution is 2.34. The third-order valence-corrected chi connectivity index (χ3v) is 6.62. The third kappa shape index (κ3) is 5.88. The van der Waals surface area contributed by atoms with Gasteiger partial charge in [-0.2, -0.15) is 13.2 Å². The van der Waals surface area contributed by atoms with Gasteiger partial charge in [0.25, 0.3) is 0 Å². The topological polar surface area (TPSA) is 58.8 Å². The summed E-state index contributed by atoms with van der Waals surface area (Å²) in [6, 6.07) is 5.59. The number of anilines is 1. The number of carbonyl (C=O) groups is 1. The van der Waals surface area contributed by atoms with Crippen LogP contribution in [0.4, 0.5) is 18.9 Å². The van der Waals surface area contributed by atoms with Crippen molar-refractivity contribution in [3.05, 3.63) is 29.8 Å². The number of hydrogen-bond acceptors (Lipinski definition) is 4. The maximum Gasteiger partial charge on any atom is 0.416 e. The second kappa shape index (κ2) is 10.0. The zero-order chi connectivity index (χ0) is 21.7. The van der Waals surface area contributed by atoms with E-state index in [1.807, 2.05) is 4.90 Å². The summed E-state index contributed by atoms with van der Waals surface area (Å²) in [5.74, 6) is 0.493. The number of rotatable bonds is 7. The van der Waals surface area contributed by atoms with Crippen LogP contribution < -0.4 is 10.6 Å². The van der Waals surface area contributed by atoms with Gasteiger partial charge < -0.3 is 15.4 Å². The Balaban J connectivity index is 1.40. The highest BCUT2D eigenvalue weighted by atomic mass is 19.4. The molecule has 0 bridgehead atoms. The number of ether oxygens (including phenoxy) is 1. The monoisotopic (exact) mass is 427 g/mol. The molecule has 0 spiro atoms. The molecule has 1 heterocycles. The zero-order valence-electron chi connectivity index (χ0n) is 17.5. The molecule has 1 aliphatic carbocycles. The van der Waals surface area contributed by atoms with Crippen LogP contribution in [0.15, 0.2) is 24.3 Å². The molecular weight excluding hydrogens is 395 g/mol. The van der Waals surface area contributed by atoms with Gasteiger partial charge in [0.05, 0.1) is 5.56 Å². The lowest BCUT2D eigenvalue weighted by molar-refractivity contribution is -0.137. The van der Waals surface area contributed by atoms with Crippen molar-refractivity contribution in [2.75, 3.05) is 44.7 Å². The SMILES string of the molecule is COC(C(N)=O)C1CCC(CCN2CCN(c3cccc(C(F)(F)F)c3)CC2)CC1. The number of nitrogens with two attached hydrogens (primary N) is 1. The summed E-state index contributed by atoms with van der Waals surface area (Å²) in [4.78, 5) is 15.9. The number of methoxy groups -OCH3 is 1. The molecular formula is C22H32F3N3O2. The molecule has 2 aliphatic rings. The van der Waals surface area contributed by atoms with E-state index < -0.39 is 17.8 Å². The molecule has 1 aromatic rings. The molecule has 30 heavy (non-hydrogen) atoms. The van der Waals surface area contributed by atoms with E-state index in [-0.39, 0.29) is 11.8 Å². The number of amides is 1. The van der Waals surface area contributed by atoms with Gasteiger partial charge in [-0.15, -0.1) is 0 Å². The van der Waals surface area contributed by atoms with E-state index in [4.69, 9.17) is 10.5 Å². The molecule has 2 N–H and O–H groups in total. The first-order chi connectivity index (χ1) is 14.3. The average molecular weight is 428 g/mol. The van der Waals surface area contributed by atoms with Crippen molar-refractivity contribution in [2.45, 2.75) is 44.4 Å². The van der Waals surface area contributed by atoms with Gasteiger partial charge in [-0.1, -0.05) is 18.9 Å². The van der Waals surface area contributed by atoms with Crippen molar-refractivity contribution in [3.8, 4) is 0 Å². The molecule has 8 heteroatoms. The van der Waals surface area contributed by atoms with Gasteiger partial charge in [0.2, 0.25) is 5.91 Å². The fourth-order valence-electron chi connectivity index (χ4n) is 4.79. The minimum Gasteiger partial charge on any atom is -0.371 e. The predicted molar refractivity (Wildman–Crippen MR) is 110 cm³/mol. The normalized spacial score (nSPS) is 24.6. The number of piperazine rings is 1. The molecule has 3 rings (SSSR count). The van der Waals surface area contributed by atoms with Crippen molar-refractivity contribution in [1.82, 2.24) is 4.90 Å². The summed E-state index contributed by atoms with van der Waals surface area (Å²) < 4.78 is 44.1. The molecule has 0 radical (unpaired) electrons. The first kappa shape index (κ1) is 22.9. The fraction of sp³-hybridized carbons (Fsp3) is 0.682. The number of carbonyl (C=O) groups excluding carboxylic acids is 1. The van der Waals surface area contributed by atoms with Crippen molar-refractivity contribution >= 4 is 11.6 Å². The van der Waals surface area contributed by atoms with E-state index in [1.165, 1.54) is 12.1 Å². The lowest BCUT2D eigenvalue weighted by atomic mass is 9.78. The molecule has 1 saturated heterocycles. The van der Waals surface area contributed by atoms with Gasteiger partial charge >= 0.3 is 6.18 Å². The minimum absolute atomic E-state index is 0.222. The minimum atomic E-state index is -4.31. The van der Waals surface area contributed by atoms with Crippen molar-refractivity contribution in [1.29, 1.82) is 0 Å². The Kier molecular flexibility index (Phi) is 7.63. The van der Waals surface area contributed by atoms with Crippen LogP contribution in [0, 0.1) is 11.8 Å². The van der Waals surface area contributed by atoms with E-state index in [1.54, 1.807) is 13.2 Å². The van der Waals surface area contributed by atoms with E-state index in [9.17, 15) is 18.0 Å². The molecule has 2 fully saturated rings. The Morgan fingerprint density at radius 3 is 2.40 bits per heavy atom. The summed E-state index contributed by atoms with van der Waals surface area (Å²) in [6.07, 6.45) is 0.437. The van der Waals surface area contributed by atoms with Crippen molar-refractivity contribution < 1.29 is 22.7 Å². The van der Waals surface area contributed by atoms with Crippen LogP contribution in [0.25, 0.3) is 0 Å². The largest absolute Gasteiger partial charge is 0.416 e. The summed E-state index contributed by atoms with van der Waals surface area (Å²) in [7, 11) is 1.54. The van der Waals surface area contributed by atoms with Crippen LogP contribution in [-0.4, -0.2) is 56.7 Å². The van der Waals surface area contributed by atoms with E-state index in [0.29, 0.717) is 11.6 Å². The molecule has 168 valence electrons. The second-order valence-electron chi connectivity index (χ2n) is 8.50. The number of benzene rings is 1. The van der Waals surface area contributed by atoms with Gasteiger partial charge in [0, 0.05) is 39.0 Å². The van der Waals surface area contributed by atoms with Gasteiger partial charge in [0.15, 0.2) is 0 Å². The maximum atomic E-state index is 12.9. The van der Waals surface area contributed by atoms with Crippen molar-refractivity contribution in [3.63, 3.8) is 0 Å². The van der Waals surface area contributed by atoms with Crippen molar-refractivity contribution in [2.24, 2.45) is 17.6 Å². The summed E-state index contributed by atoms with van der Waals surface area (Å²) in [5.41, 5.74) is 5.47. The van der Waals surface area contributed by atoms with Gasteiger partial charge in [-0.3, -0.25) is 9.69 Å². The van der Waals surface area contributed by atoms with Crippen LogP contribution in [0.5, 0.6) is 0 Å². The van der Waals surface area contributed by atoms with Gasteiger partial charge in [0.1, 0.15) is 6.10 Å². The smallest absolute Gasteiger partial charge is 0.371 e. The van der Waals surface area contributed by atoms with E-state index in [0.717, 1.165) is 70.9 Å². The number of primary amides is 1. The molecule has 1 aromatic carbocycles. The van der Waals surface area contributed by atoms with Gasteiger partial charge in [-0.25, -0.2) is 0 Å². The number of nitrogens with zero attached hydrogens (tertiary/aromatic N) is 2. The number of hydrogen-bond donors (Lipinski definition) is 1. The Bertz CT molecular complexity index is 697. The predicted octanol–water partition coefficient (Wildman–Crippen LogP) is 3.52. The van der Waals surface area contributed by atoms with Crippen LogP contribution in [0.2, 0.25) is 0 Å². The number of halogens is 3. The summed E-state index contributed by atoms with van der Waals surface area (Å²) in [5, 5.41) is 0. The fourth-order valence-corrected chi connectivity index (χ4v) is 4.79. The quantitative estimate of drug-likeness (QED) is 0.723. The number of alkyl halides is 3. The van der Waals surface area contributed by atoms with E-state index >= 15 is 0 Å². The molecule has 1 saturated carbocycles. The summed E-state index contributed by atoms with van der Waals surface area (Å²) in [6.45, 7) is 4.21. The second-order valence-corrected chi connectivity index (χ2v) is 8.50. The molecule has 1 atom stereocenters. The van der Waals surface area contributed by atoms with Crippen LogP contribution in [0.1, 0.15) is 37.7 Å². The molecule has 1 amide bonds. The Morgan fingerprint density at radius 2 is 1.83 bits per heavy atom. The van der Waals surface area contributed by atoms with Crippen LogP contribution in [-0.2, 0) is 15.7 Å². The molecule has 0 aromatic heterocycles. The maximum absolute atomic E-state index is 12.9. The lowest BCUT2D eigenvalue weighted by Gasteiger charge is -2.37. The Morgan fingerprint density at radius 1 is 1.17 bits per heavy atom. The standard InChI is InChI=1S/C22H32F3N3O2/c1-30-20(21(26)29)17-7-5-16(6-8-17)9-10-27-11-13-28(14-12-27)19-4-2-3-18(15-19)22(23,24)25/h2-4,15-17,20H,5-14H2,1H3,(H2,26,29). The Labute approximate surface area is 176 Å². The van der Waals surface area contributed by atoms with E-state index in [2.05, 4.69) is 4.90 Å². The lowest BCUT2D eigenvalue weighted by Crippen LogP contribution is -2.47. The summed E-state index contributed by atoms with van der Waals surface area (Å²) >= 11 is 0. The molecule has 1 aliphatic heterocycles. The highest BCUT2D eigenvalue weighted by Gasteiger charge is 2.32. The zero-order valence-corrected chi connectivity index (χ0v) is 17.5. The first-order valence-electron chi connectivity index (χ1n) is 10.7. The molecule has 1 unspecified atom stereocenters. The average Bonchev–Trinajstić information content (AvgIpc) is 2.73.